The lowest BCUT2D eigenvalue weighted by atomic mass is 10.3. The van der Waals surface area contributed by atoms with Crippen molar-refractivity contribution >= 4 is 23.1 Å². The van der Waals surface area contributed by atoms with E-state index in [1.54, 1.807) is 0 Å². The van der Waals surface area contributed by atoms with Crippen molar-refractivity contribution in [2.24, 2.45) is 0 Å². The Balaban J connectivity index is 1.54. The maximum absolute atomic E-state index is 6.11. The molecule has 1 aliphatic heterocycles. The van der Waals surface area contributed by atoms with Crippen LogP contribution in [0.4, 0.5) is 0 Å². The molecule has 0 saturated carbocycles. The van der Waals surface area contributed by atoms with E-state index in [1.807, 2.05) is 32.4 Å². The molecule has 3 heterocycles. The summed E-state index contributed by atoms with van der Waals surface area (Å²) in [6.45, 7) is 3.40. The van der Waals surface area contributed by atoms with Crippen LogP contribution >= 0.6 is 23.1 Å². The Hall–Kier alpha value is -1.28. The van der Waals surface area contributed by atoms with Crippen molar-refractivity contribution in [3.05, 3.63) is 34.1 Å². The number of ether oxygens (including phenoxy) is 1. The first kappa shape index (κ1) is 16.6. The van der Waals surface area contributed by atoms with E-state index in [0.29, 0.717) is 4.34 Å². The van der Waals surface area contributed by atoms with E-state index in [9.17, 15) is 0 Å². The molecule has 1 saturated heterocycles. The zero-order valence-electron chi connectivity index (χ0n) is 13.3. The monoisotopic (exact) mass is 353 g/mol. The molecule has 3 rings (SSSR count). The van der Waals surface area contributed by atoms with Crippen LogP contribution in [0.15, 0.2) is 18.3 Å². The van der Waals surface area contributed by atoms with Crippen LogP contribution in [0.5, 0.6) is 5.75 Å². The average Bonchev–Trinajstić information content (AvgIpc) is 3.09. The van der Waals surface area contributed by atoms with E-state index in [2.05, 4.69) is 24.4 Å². The summed E-state index contributed by atoms with van der Waals surface area (Å²) in [4.78, 5) is 8.76. The largest absolute Gasteiger partial charge is 0.489 e. The van der Waals surface area contributed by atoms with E-state index < -0.39 is 0 Å². The fourth-order valence-corrected chi connectivity index (χ4v) is 3.28. The molecule has 6 nitrogen and oxygen atoms in total. The predicted molar refractivity (Wildman–Crippen MR) is 90.9 cm³/mol. The highest BCUT2D eigenvalue weighted by Crippen LogP contribution is 2.23. The van der Waals surface area contributed by atoms with Crippen molar-refractivity contribution in [1.82, 2.24) is 24.4 Å². The van der Waals surface area contributed by atoms with E-state index >= 15 is 0 Å². The minimum absolute atomic E-state index is 0.190. The number of hydrogen-bond acceptors (Lipinski definition) is 7. The molecule has 8 heteroatoms. The molecule has 2 aromatic rings. The Bertz CT molecular complexity index is 650. The molecular weight excluding hydrogens is 334 g/mol. The molecule has 0 amide bonds. The van der Waals surface area contributed by atoms with Gasteiger partial charge in [0.15, 0.2) is 0 Å². The predicted octanol–water partition coefficient (Wildman–Crippen LogP) is 2.30. The van der Waals surface area contributed by atoms with Crippen molar-refractivity contribution in [1.29, 1.82) is 0 Å². The van der Waals surface area contributed by atoms with Gasteiger partial charge < -0.3 is 9.64 Å². The maximum Gasteiger partial charge on any atom is 0.138 e. The van der Waals surface area contributed by atoms with Gasteiger partial charge >= 0.3 is 0 Å². The first-order valence-electron chi connectivity index (χ1n) is 7.55. The number of pyridine rings is 1. The summed E-state index contributed by atoms with van der Waals surface area (Å²) < 4.78 is 10.7. The minimum atomic E-state index is 0.190. The fourth-order valence-electron chi connectivity index (χ4n) is 2.67. The first-order chi connectivity index (χ1) is 11.1. The van der Waals surface area contributed by atoms with Crippen LogP contribution in [-0.4, -0.2) is 57.7 Å². The van der Waals surface area contributed by atoms with Gasteiger partial charge in [0.2, 0.25) is 0 Å². The van der Waals surface area contributed by atoms with Gasteiger partial charge in [-0.2, -0.15) is 0 Å². The Labute approximate surface area is 145 Å². The van der Waals surface area contributed by atoms with Gasteiger partial charge in [0, 0.05) is 50.0 Å². The number of aromatic nitrogens is 3. The lowest BCUT2D eigenvalue weighted by Gasteiger charge is -2.16. The standard InChI is InChI=1S/C15H20ClN5OS/c1-20(2)8-11-7-12(3-5-17-11)22-13-4-6-21(9-13)10-14-15(16)23-19-18-14/h3,5,7,13H,4,6,8-10H2,1-2H3. The second-order valence-electron chi connectivity index (χ2n) is 5.98. The summed E-state index contributed by atoms with van der Waals surface area (Å²) in [6.07, 6.45) is 3.00. The Morgan fingerprint density at radius 1 is 1.48 bits per heavy atom. The highest BCUT2D eigenvalue weighted by atomic mass is 35.5. The molecule has 0 aliphatic carbocycles. The van der Waals surface area contributed by atoms with Crippen LogP contribution in [0.1, 0.15) is 17.8 Å². The van der Waals surface area contributed by atoms with Gasteiger partial charge in [-0.25, -0.2) is 0 Å². The van der Waals surface area contributed by atoms with Crippen LogP contribution in [0.2, 0.25) is 4.34 Å². The van der Waals surface area contributed by atoms with Crippen molar-refractivity contribution in [3.8, 4) is 5.75 Å². The maximum atomic E-state index is 6.11. The molecule has 1 aliphatic rings. The molecule has 23 heavy (non-hydrogen) atoms. The first-order valence-corrected chi connectivity index (χ1v) is 8.70. The molecule has 2 aromatic heterocycles. The number of nitrogens with zero attached hydrogens (tertiary/aromatic N) is 5. The van der Waals surface area contributed by atoms with Gasteiger partial charge in [-0.05, 0) is 26.6 Å². The second-order valence-corrected chi connectivity index (χ2v) is 7.33. The summed E-state index contributed by atoms with van der Waals surface area (Å²) >= 11 is 7.30. The topological polar surface area (TPSA) is 54.4 Å². The zero-order chi connectivity index (χ0) is 16.2. The van der Waals surface area contributed by atoms with E-state index in [4.69, 9.17) is 16.3 Å². The highest BCUT2D eigenvalue weighted by molar-refractivity contribution is 7.10. The van der Waals surface area contributed by atoms with Gasteiger partial charge in [-0.15, -0.1) is 5.10 Å². The molecule has 1 fully saturated rings. The molecule has 0 aromatic carbocycles. The summed E-state index contributed by atoms with van der Waals surface area (Å²) in [6, 6.07) is 3.94. The van der Waals surface area contributed by atoms with E-state index in [-0.39, 0.29) is 6.10 Å². The SMILES string of the molecule is CN(C)Cc1cc(OC2CCN(Cc3nnsc3Cl)C2)ccn1. The quantitative estimate of drug-likeness (QED) is 0.794. The number of rotatable bonds is 6. The van der Waals surface area contributed by atoms with Crippen molar-refractivity contribution in [2.45, 2.75) is 25.6 Å². The molecule has 1 unspecified atom stereocenters. The Morgan fingerprint density at radius 3 is 3.09 bits per heavy atom. The van der Waals surface area contributed by atoms with Crippen LogP contribution in [0.3, 0.4) is 0 Å². The van der Waals surface area contributed by atoms with Gasteiger partial charge in [-0.1, -0.05) is 16.1 Å². The van der Waals surface area contributed by atoms with Gasteiger partial charge in [0.1, 0.15) is 21.9 Å². The zero-order valence-corrected chi connectivity index (χ0v) is 14.8. The van der Waals surface area contributed by atoms with Crippen LogP contribution < -0.4 is 4.74 Å². The van der Waals surface area contributed by atoms with Crippen molar-refractivity contribution < 1.29 is 4.74 Å². The molecule has 0 N–H and O–H groups in total. The van der Waals surface area contributed by atoms with Crippen molar-refractivity contribution in [3.63, 3.8) is 0 Å². The van der Waals surface area contributed by atoms with Crippen LogP contribution in [0.25, 0.3) is 0 Å². The smallest absolute Gasteiger partial charge is 0.138 e. The molecule has 0 spiro atoms. The summed E-state index contributed by atoms with van der Waals surface area (Å²) in [5, 5.41) is 4.07. The lowest BCUT2D eigenvalue weighted by molar-refractivity contribution is 0.197. The molecule has 124 valence electrons. The summed E-state index contributed by atoms with van der Waals surface area (Å²) in [5.74, 6) is 0.886. The third-order valence-electron chi connectivity index (χ3n) is 3.68. The van der Waals surface area contributed by atoms with Crippen molar-refractivity contribution in [2.75, 3.05) is 27.2 Å². The summed E-state index contributed by atoms with van der Waals surface area (Å²) in [5.41, 5.74) is 1.87. The number of likely N-dealkylation sites (tertiary alicyclic amines) is 1. The third-order valence-corrected chi connectivity index (χ3v) is 4.67. The summed E-state index contributed by atoms with van der Waals surface area (Å²) in [7, 11) is 4.06. The molecule has 0 radical (unpaired) electrons. The molecular formula is C15H20ClN5OS. The van der Waals surface area contributed by atoms with E-state index in [1.165, 1.54) is 11.5 Å². The Morgan fingerprint density at radius 2 is 2.35 bits per heavy atom. The average molecular weight is 354 g/mol. The molecule has 1 atom stereocenters. The number of hydrogen-bond donors (Lipinski definition) is 0. The number of halogens is 1. The highest BCUT2D eigenvalue weighted by Gasteiger charge is 2.25. The van der Waals surface area contributed by atoms with Gasteiger partial charge in [-0.3, -0.25) is 9.88 Å². The van der Waals surface area contributed by atoms with E-state index in [0.717, 1.165) is 49.7 Å². The van der Waals surface area contributed by atoms with Gasteiger partial charge in [0.05, 0.1) is 5.69 Å². The van der Waals surface area contributed by atoms with Crippen LogP contribution in [-0.2, 0) is 13.1 Å². The molecule has 0 bridgehead atoms. The van der Waals surface area contributed by atoms with Gasteiger partial charge in [0.25, 0.3) is 0 Å². The minimum Gasteiger partial charge on any atom is -0.489 e. The van der Waals surface area contributed by atoms with Crippen LogP contribution in [0, 0.1) is 0 Å². The third kappa shape index (κ3) is 4.60. The normalized spacial score (nSPS) is 18.7. The fraction of sp³-hybridized carbons (Fsp3) is 0.533. The second kappa shape index (κ2) is 7.53. The Kier molecular flexibility index (Phi) is 5.42. The lowest BCUT2D eigenvalue weighted by Crippen LogP contribution is -2.25.